The van der Waals surface area contributed by atoms with Gasteiger partial charge in [0.1, 0.15) is 0 Å². The fourth-order valence-electron chi connectivity index (χ4n) is 0.920. The Morgan fingerprint density at radius 1 is 1.57 bits per heavy atom. The second kappa shape index (κ2) is 4.97. The topological polar surface area (TPSA) is 56.1 Å². The van der Waals surface area contributed by atoms with Crippen molar-refractivity contribution >= 4 is 5.91 Å². The van der Waals surface area contributed by atoms with Gasteiger partial charge in [0.25, 0.3) is 0 Å². The zero-order valence-electron chi connectivity index (χ0n) is 9.59. The number of nitriles is 1. The van der Waals surface area contributed by atoms with Crippen molar-refractivity contribution in [3.8, 4) is 6.07 Å². The molecule has 0 aromatic carbocycles. The minimum absolute atomic E-state index is 0.0536. The van der Waals surface area contributed by atoms with E-state index in [0.717, 1.165) is 0 Å². The van der Waals surface area contributed by atoms with Crippen LogP contribution >= 0.6 is 0 Å². The van der Waals surface area contributed by atoms with Gasteiger partial charge in [0.2, 0.25) is 5.91 Å². The first kappa shape index (κ1) is 12.9. The fourth-order valence-corrected chi connectivity index (χ4v) is 0.920. The maximum atomic E-state index is 11.4. The predicted molar refractivity (Wildman–Crippen MR) is 55.6 cm³/mol. The molecular weight excluding hydrogens is 178 g/mol. The molecule has 80 valence electrons. The van der Waals surface area contributed by atoms with E-state index >= 15 is 0 Å². The van der Waals surface area contributed by atoms with Crippen molar-refractivity contribution < 1.29 is 4.79 Å². The third-order valence-corrected chi connectivity index (χ3v) is 1.76. The summed E-state index contributed by atoms with van der Waals surface area (Å²) < 4.78 is 0. The molecule has 0 spiro atoms. The average molecular weight is 197 g/mol. The van der Waals surface area contributed by atoms with Gasteiger partial charge in [-0.3, -0.25) is 9.69 Å². The summed E-state index contributed by atoms with van der Waals surface area (Å²) in [5, 5.41) is 11.5. The first-order valence-corrected chi connectivity index (χ1v) is 4.67. The molecule has 0 rings (SSSR count). The molecule has 1 N–H and O–H groups in total. The van der Waals surface area contributed by atoms with E-state index in [0.29, 0.717) is 0 Å². The number of nitrogens with one attached hydrogen (secondary N) is 1. The SMILES string of the molecule is CC(C#N)N(C)CC(=O)NC(C)(C)C. The van der Waals surface area contributed by atoms with Crippen molar-refractivity contribution in [1.29, 1.82) is 5.26 Å². The molecular formula is C10H19N3O. The number of likely N-dealkylation sites (N-methyl/N-ethyl adjacent to an activating group) is 1. The monoisotopic (exact) mass is 197 g/mol. The average Bonchev–Trinajstić information content (AvgIpc) is 1.99. The zero-order chi connectivity index (χ0) is 11.4. The number of carbonyl (C=O) groups is 1. The van der Waals surface area contributed by atoms with E-state index in [1.54, 1.807) is 18.9 Å². The van der Waals surface area contributed by atoms with Crippen LogP contribution in [-0.2, 0) is 4.79 Å². The molecule has 4 heteroatoms. The number of rotatable bonds is 3. The molecule has 0 heterocycles. The number of amides is 1. The Morgan fingerprint density at radius 3 is 2.43 bits per heavy atom. The van der Waals surface area contributed by atoms with Gasteiger partial charge in [0.15, 0.2) is 0 Å². The summed E-state index contributed by atoms with van der Waals surface area (Å²) in [4.78, 5) is 13.1. The summed E-state index contributed by atoms with van der Waals surface area (Å²) in [5.41, 5.74) is -0.214. The molecule has 0 saturated carbocycles. The predicted octanol–water partition coefficient (Wildman–Crippen LogP) is 0.745. The molecule has 0 bridgehead atoms. The molecule has 1 amide bonds. The van der Waals surface area contributed by atoms with Crippen LogP contribution in [0.2, 0.25) is 0 Å². The lowest BCUT2D eigenvalue weighted by atomic mass is 10.1. The number of hydrogen-bond acceptors (Lipinski definition) is 3. The summed E-state index contributed by atoms with van der Waals surface area (Å²) in [6, 6.07) is 1.84. The van der Waals surface area contributed by atoms with E-state index < -0.39 is 0 Å². The third-order valence-electron chi connectivity index (χ3n) is 1.76. The number of nitrogens with zero attached hydrogens (tertiary/aromatic N) is 2. The lowest BCUT2D eigenvalue weighted by Gasteiger charge is -2.24. The molecule has 1 unspecified atom stereocenters. The second-order valence-electron chi connectivity index (χ2n) is 4.52. The minimum Gasteiger partial charge on any atom is -0.350 e. The van der Waals surface area contributed by atoms with Gasteiger partial charge in [-0.1, -0.05) is 0 Å². The van der Waals surface area contributed by atoms with Crippen molar-refractivity contribution in [2.75, 3.05) is 13.6 Å². The highest BCUT2D eigenvalue weighted by atomic mass is 16.2. The van der Waals surface area contributed by atoms with Crippen LogP contribution in [0.1, 0.15) is 27.7 Å². The smallest absolute Gasteiger partial charge is 0.234 e. The van der Waals surface area contributed by atoms with Crippen molar-refractivity contribution in [1.82, 2.24) is 10.2 Å². The van der Waals surface area contributed by atoms with Gasteiger partial charge in [0, 0.05) is 5.54 Å². The summed E-state index contributed by atoms with van der Waals surface area (Å²) in [5.74, 6) is -0.0536. The van der Waals surface area contributed by atoms with Crippen molar-refractivity contribution in [2.45, 2.75) is 39.3 Å². The van der Waals surface area contributed by atoms with Gasteiger partial charge in [-0.2, -0.15) is 5.26 Å². The first-order valence-electron chi connectivity index (χ1n) is 4.67. The fraction of sp³-hybridized carbons (Fsp3) is 0.800. The maximum Gasteiger partial charge on any atom is 0.234 e. The maximum absolute atomic E-state index is 11.4. The van der Waals surface area contributed by atoms with Crippen LogP contribution in [0.4, 0.5) is 0 Å². The van der Waals surface area contributed by atoms with E-state index in [1.165, 1.54) is 0 Å². The molecule has 0 aliphatic rings. The minimum atomic E-state index is -0.235. The molecule has 0 saturated heterocycles. The van der Waals surface area contributed by atoms with Crippen molar-refractivity contribution in [3.05, 3.63) is 0 Å². The molecule has 0 aromatic heterocycles. The third kappa shape index (κ3) is 5.55. The normalized spacial score (nSPS) is 13.5. The molecule has 0 radical (unpaired) electrons. The Labute approximate surface area is 85.9 Å². The Kier molecular flexibility index (Phi) is 4.58. The Hall–Kier alpha value is -1.08. The van der Waals surface area contributed by atoms with Gasteiger partial charge in [-0.05, 0) is 34.7 Å². The van der Waals surface area contributed by atoms with E-state index in [9.17, 15) is 4.79 Å². The van der Waals surface area contributed by atoms with Crippen LogP contribution < -0.4 is 5.32 Å². The number of hydrogen-bond donors (Lipinski definition) is 1. The van der Waals surface area contributed by atoms with Crippen LogP contribution in [0.5, 0.6) is 0 Å². The quantitative estimate of drug-likeness (QED) is 0.726. The van der Waals surface area contributed by atoms with E-state index in [4.69, 9.17) is 5.26 Å². The van der Waals surface area contributed by atoms with Gasteiger partial charge in [0.05, 0.1) is 18.7 Å². The Morgan fingerprint density at radius 2 is 2.07 bits per heavy atom. The summed E-state index contributed by atoms with van der Waals surface area (Å²) in [6.07, 6.45) is 0. The van der Waals surface area contributed by atoms with Crippen LogP contribution in [0.15, 0.2) is 0 Å². The van der Waals surface area contributed by atoms with E-state index in [2.05, 4.69) is 11.4 Å². The lowest BCUT2D eigenvalue weighted by molar-refractivity contribution is -0.123. The molecule has 14 heavy (non-hydrogen) atoms. The molecule has 1 atom stereocenters. The highest BCUT2D eigenvalue weighted by Gasteiger charge is 2.17. The van der Waals surface area contributed by atoms with E-state index in [-0.39, 0.29) is 24.0 Å². The van der Waals surface area contributed by atoms with Crippen LogP contribution in [0.25, 0.3) is 0 Å². The summed E-state index contributed by atoms with van der Waals surface area (Å²) >= 11 is 0. The number of carbonyl (C=O) groups excluding carboxylic acids is 1. The van der Waals surface area contributed by atoms with Gasteiger partial charge >= 0.3 is 0 Å². The zero-order valence-corrected chi connectivity index (χ0v) is 9.59. The van der Waals surface area contributed by atoms with Crippen LogP contribution in [-0.4, -0.2) is 36.0 Å². The standard InChI is InChI=1S/C10H19N3O/c1-8(6-11)13(5)7-9(14)12-10(2,3)4/h8H,7H2,1-5H3,(H,12,14). The highest BCUT2D eigenvalue weighted by Crippen LogP contribution is 1.99. The van der Waals surface area contributed by atoms with Crippen molar-refractivity contribution in [2.24, 2.45) is 0 Å². The second-order valence-corrected chi connectivity index (χ2v) is 4.52. The largest absolute Gasteiger partial charge is 0.350 e. The van der Waals surface area contributed by atoms with Crippen LogP contribution in [0.3, 0.4) is 0 Å². The van der Waals surface area contributed by atoms with Crippen LogP contribution in [0, 0.1) is 11.3 Å². The highest BCUT2D eigenvalue weighted by molar-refractivity contribution is 5.78. The van der Waals surface area contributed by atoms with Gasteiger partial charge in [-0.25, -0.2) is 0 Å². The lowest BCUT2D eigenvalue weighted by Crippen LogP contribution is -2.46. The summed E-state index contributed by atoms with van der Waals surface area (Å²) in [6.45, 7) is 7.81. The Balaban J connectivity index is 4.03. The van der Waals surface area contributed by atoms with Crippen molar-refractivity contribution in [3.63, 3.8) is 0 Å². The molecule has 0 aliphatic heterocycles. The Bertz CT molecular complexity index is 237. The summed E-state index contributed by atoms with van der Waals surface area (Å²) in [7, 11) is 1.76. The molecule has 4 nitrogen and oxygen atoms in total. The molecule has 0 aliphatic carbocycles. The molecule has 0 aromatic rings. The molecule has 0 fully saturated rings. The van der Waals surface area contributed by atoms with E-state index in [1.807, 2.05) is 20.8 Å². The first-order chi connectivity index (χ1) is 6.26. The van der Waals surface area contributed by atoms with Gasteiger partial charge in [-0.15, -0.1) is 0 Å². The van der Waals surface area contributed by atoms with Gasteiger partial charge < -0.3 is 5.32 Å².